The Labute approximate surface area is 96.6 Å². The summed E-state index contributed by atoms with van der Waals surface area (Å²) in [6, 6.07) is 0.738. The van der Waals surface area contributed by atoms with Crippen molar-refractivity contribution in [3.8, 4) is 0 Å². The number of amides is 1. The lowest BCUT2D eigenvalue weighted by molar-refractivity contribution is -0.129. The van der Waals surface area contributed by atoms with Crippen LogP contribution >= 0.6 is 0 Å². The van der Waals surface area contributed by atoms with Gasteiger partial charge in [0, 0.05) is 6.04 Å². The summed E-state index contributed by atoms with van der Waals surface area (Å²) in [7, 11) is 0. The zero-order chi connectivity index (χ0) is 10.9. The van der Waals surface area contributed by atoms with Crippen molar-refractivity contribution >= 4 is 5.91 Å². The lowest BCUT2D eigenvalue weighted by atomic mass is 10.0. The van der Waals surface area contributed by atoms with E-state index < -0.39 is 0 Å². The molecule has 16 heavy (non-hydrogen) atoms. The number of rotatable bonds is 2. The molecular formula is C13H20N2O. The van der Waals surface area contributed by atoms with Gasteiger partial charge < -0.3 is 4.90 Å². The molecule has 0 aromatic carbocycles. The van der Waals surface area contributed by atoms with Crippen molar-refractivity contribution in [2.24, 2.45) is 23.7 Å². The lowest BCUT2D eigenvalue weighted by Crippen LogP contribution is -2.34. The van der Waals surface area contributed by atoms with Gasteiger partial charge in [0.25, 0.3) is 0 Å². The first kappa shape index (κ1) is 9.46. The molecule has 5 unspecified atom stereocenters. The van der Waals surface area contributed by atoms with E-state index in [1.54, 1.807) is 0 Å². The topological polar surface area (TPSA) is 32.3 Å². The Kier molecular flexibility index (Phi) is 1.78. The van der Waals surface area contributed by atoms with Gasteiger partial charge in [-0.05, 0) is 49.4 Å². The van der Waals surface area contributed by atoms with Crippen molar-refractivity contribution in [3.63, 3.8) is 0 Å². The molecular weight excluding hydrogens is 200 g/mol. The predicted molar refractivity (Wildman–Crippen MR) is 60.5 cm³/mol. The minimum absolute atomic E-state index is 0.110. The Bertz CT molecular complexity index is 327. The summed E-state index contributed by atoms with van der Waals surface area (Å²) in [4.78, 5) is 14.3. The van der Waals surface area contributed by atoms with Gasteiger partial charge in [0.2, 0.25) is 5.91 Å². The molecule has 0 spiro atoms. The fourth-order valence-corrected chi connectivity index (χ4v) is 4.84. The Morgan fingerprint density at radius 3 is 2.56 bits per heavy atom. The Balaban J connectivity index is 1.52. The van der Waals surface area contributed by atoms with Gasteiger partial charge in [0.1, 0.15) is 0 Å². The van der Waals surface area contributed by atoms with Crippen LogP contribution in [0.2, 0.25) is 0 Å². The number of nitrogens with one attached hydrogen (secondary N) is 1. The molecule has 88 valence electrons. The fraction of sp³-hybridized carbons (Fsp3) is 0.923. The Morgan fingerprint density at radius 1 is 1.31 bits per heavy atom. The van der Waals surface area contributed by atoms with Crippen LogP contribution in [0.25, 0.3) is 0 Å². The van der Waals surface area contributed by atoms with E-state index in [0.29, 0.717) is 11.9 Å². The molecule has 4 fully saturated rings. The average molecular weight is 220 g/mol. The second kappa shape index (κ2) is 3.00. The summed E-state index contributed by atoms with van der Waals surface area (Å²) >= 11 is 0. The Morgan fingerprint density at radius 2 is 2.00 bits per heavy atom. The minimum Gasteiger partial charge on any atom is -0.325 e. The van der Waals surface area contributed by atoms with Gasteiger partial charge in [-0.3, -0.25) is 10.1 Å². The highest BCUT2D eigenvalue weighted by Gasteiger charge is 2.68. The molecule has 0 aromatic rings. The second-order valence-corrected chi connectivity index (χ2v) is 6.11. The van der Waals surface area contributed by atoms with Crippen LogP contribution in [-0.4, -0.2) is 29.6 Å². The summed E-state index contributed by atoms with van der Waals surface area (Å²) < 4.78 is 0. The van der Waals surface area contributed by atoms with Crippen LogP contribution in [0, 0.1) is 23.7 Å². The predicted octanol–water partition coefficient (Wildman–Crippen LogP) is 1.20. The second-order valence-electron chi connectivity index (χ2n) is 6.11. The minimum atomic E-state index is 0.110. The zero-order valence-electron chi connectivity index (χ0n) is 9.86. The molecule has 1 N–H and O–H groups in total. The van der Waals surface area contributed by atoms with Crippen LogP contribution in [-0.2, 0) is 4.79 Å². The van der Waals surface area contributed by atoms with E-state index in [1.807, 2.05) is 0 Å². The van der Waals surface area contributed by atoms with Gasteiger partial charge in [-0.2, -0.15) is 0 Å². The molecule has 3 heteroatoms. The summed E-state index contributed by atoms with van der Waals surface area (Å²) in [5.74, 6) is 4.09. The van der Waals surface area contributed by atoms with Gasteiger partial charge in [-0.25, -0.2) is 0 Å². The van der Waals surface area contributed by atoms with Crippen LogP contribution in [0.1, 0.15) is 32.6 Å². The first-order valence-electron chi connectivity index (χ1n) is 6.85. The monoisotopic (exact) mass is 220 g/mol. The van der Waals surface area contributed by atoms with Crippen LogP contribution in [0.4, 0.5) is 0 Å². The van der Waals surface area contributed by atoms with Gasteiger partial charge >= 0.3 is 0 Å². The third-order valence-corrected chi connectivity index (χ3v) is 5.55. The first-order chi connectivity index (χ1) is 7.81. The van der Waals surface area contributed by atoms with Gasteiger partial charge in [0.15, 0.2) is 0 Å². The van der Waals surface area contributed by atoms with Crippen molar-refractivity contribution in [1.82, 2.24) is 10.2 Å². The fourth-order valence-electron chi connectivity index (χ4n) is 4.84. The summed E-state index contributed by atoms with van der Waals surface area (Å²) in [5.41, 5.74) is 0. The van der Waals surface area contributed by atoms with E-state index in [4.69, 9.17) is 0 Å². The molecule has 1 amide bonds. The van der Waals surface area contributed by atoms with Gasteiger partial charge in [-0.1, -0.05) is 6.92 Å². The maximum Gasteiger partial charge on any atom is 0.241 e. The van der Waals surface area contributed by atoms with E-state index in [9.17, 15) is 4.79 Å². The normalized spacial score (nSPS) is 53.6. The van der Waals surface area contributed by atoms with Crippen LogP contribution in [0.15, 0.2) is 0 Å². The van der Waals surface area contributed by atoms with Crippen LogP contribution < -0.4 is 5.32 Å². The van der Waals surface area contributed by atoms with Gasteiger partial charge in [0.05, 0.1) is 12.7 Å². The van der Waals surface area contributed by atoms with E-state index in [-0.39, 0.29) is 6.04 Å². The molecule has 4 aliphatic rings. The SMILES string of the molecule is CCC1NCN(C2C3C4CCC(C4)C32)C1=O. The van der Waals surface area contributed by atoms with E-state index >= 15 is 0 Å². The molecule has 3 aliphatic carbocycles. The van der Waals surface area contributed by atoms with E-state index in [0.717, 1.165) is 36.8 Å². The van der Waals surface area contributed by atoms with Gasteiger partial charge in [-0.15, -0.1) is 0 Å². The highest BCUT2D eigenvalue weighted by Crippen LogP contribution is 2.67. The quantitative estimate of drug-likeness (QED) is 0.758. The van der Waals surface area contributed by atoms with Crippen molar-refractivity contribution in [3.05, 3.63) is 0 Å². The number of fused-ring (bicyclic) bond motifs is 5. The molecule has 3 nitrogen and oxygen atoms in total. The molecule has 1 heterocycles. The number of carbonyl (C=O) groups excluding carboxylic acids is 1. The molecule has 0 radical (unpaired) electrons. The maximum atomic E-state index is 12.1. The van der Waals surface area contributed by atoms with Crippen LogP contribution in [0.5, 0.6) is 0 Å². The molecule has 0 aromatic heterocycles. The molecule has 4 rings (SSSR count). The number of carbonyl (C=O) groups is 1. The lowest BCUT2D eigenvalue weighted by Gasteiger charge is -2.19. The van der Waals surface area contributed by atoms with Crippen molar-refractivity contribution < 1.29 is 4.79 Å². The molecule has 2 bridgehead atoms. The van der Waals surface area contributed by atoms with Crippen molar-refractivity contribution in [2.75, 3.05) is 6.67 Å². The van der Waals surface area contributed by atoms with Crippen LogP contribution in [0.3, 0.4) is 0 Å². The third-order valence-electron chi connectivity index (χ3n) is 5.55. The molecule has 1 aliphatic heterocycles. The maximum absolute atomic E-state index is 12.1. The first-order valence-corrected chi connectivity index (χ1v) is 6.85. The number of hydrogen-bond donors (Lipinski definition) is 1. The average Bonchev–Trinajstić information content (AvgIpc) is 2.68. The number of hydrogen-bond acceptors (Lipinski definition) is 2. The van der Waals surface area contributed by atoms with E-state index in [2.05, 4.69) is 17.1 Å². The van der Waals surface area contributed by atoms with Crippen molar-refractivity contribution in [2.45, 2.75) is 44.7 Å². The Hall–Kier alpha value is -0.570. The molecule has 3 saturated carbocycles. The highest BCUT2D eigenvalue weighted by molar-refractivity contribution is 5.84. The summed E-state index contributed by atoms with van der Waals surface area (Å²) in [5, 5.41) is 3.34. The van der Waals surface area contributed by atoms with Crippen molar-refractivity contribution in [1.29, 1.82) is 0 Å². The molecule has 1 saturated heterocycles. The third kappa shape index (κ3) is 1.01. The smallest absolute Gasteiger partial charge is 0.241 e. The largest absolute Gasteiger partial charge is 0.325 e. The summed E-state index contributed by atoms with van der Waals surface area (Å²) in [6.45, 7) is 2.91. The summed E-state index contributed by atoms with van der Waals surface area (Å²) in [6.07, 6.45) is 5.28. The zero-order valence-corrected chi connectivity index (χ0v) is 9.86. The standard InChI is InChI=1S/C13H20N2O/c1-2-9-13(16)15(6-14-9)12-10-7-3-4-8(5-7)11(10)12/h7-12,14H,2-6H2,1H3. The number of nitrogens with zero attached hydrogens (tertiary/aromatic N) is 1. The molecule has 5 atom stereocenters. The van der Waals surface area contributed by atoms with E-state index in [1.165, 1.54) is 19.3 Å². The highest BCUT2D eigenvalue weighted by atomic mass is 16.2.